The van der Waals surface area contributed by atoms with Crippen molar-refractivity contribution in [1.82, 2.24) is 5.32 Å². The number of hydrogen-bond acceptors (Lipinski definition) is 2. The van der Waals surface area contributed by atoms with Gasteiger partial charge in [0.2, 0.25) is 0 Å². The lowest BCUT2D eigenvalue weighted by Gasteiger charge is -2.14. The first-order chi connectivity index (χ1) is 7.58. The number of amides is 1. The molecule has 1 aromatic carbocycles. The number of aryl methyl sites for hydroxylation is 1. The van der Waals surface area contributed by atoms with Crippen LogP contribution < -0.4 is 11.1 Å². The van der Waals surface area contributed by atoms with Crippen molar-refractivity contribution < 1.29 is 9.18 Å². The van der Waals surface area contributed by atoms with Gasteiger partial charge in [0, 0.05) is 18.2 Å². The third kappa shape index (κ3) is 3.03. The van der Waals surface area contributed by atoms with Crippen LogP contribution in [0.15, 0.2) is 18.2 Å². The van der Waals surface area contributed by atoms with E-state index in [4.69, 9.17) is 5.73 Å². The van der Waals surface area contributed by atoms with Gasteiger partial charge in [-0.15, -0.1) is 0 Å². The number of halogens is 1. The monoisotopic (exact) mass is 224 g/mol. The first-order valence-corrected chi connectivity index (χ1v) is 5.35. The summed E-state index contributed by atoms with van der Waals surface area (Å²) in [7, 11) is 0. The van der Waals surface area contributed by atoms with Crippen LogP contribution in [-0.4, -0.2) is 18.5 Å². The highest BCUT2D eigenvalue weighted by atomic mass is 19.1. The molecular weight excluding hydrogens is 207 g/mol. The van der Waals surface area contributed by atoms with Crippen LogP contribution in [0.25, 0.3) is 0 Å². The standard InChI is InChI=1S/C12H17FN2O/c1-3-10(7-14)15-12(16)9-5-4-8(2)11(13)6-9/h4-6,10H,3,7,14H2,1-2H3,(H,15,16). The molecule has 3 N–H and O–H groups in total. The third-order valence-electron chi connectivity index (χ3n) is 2.55. The fourth-order valence-corrected chi connectivity index (χ4v) is 1.33. The average Bonchev–Trinajstić information content (AvgIpc) is 2.29. The average molecular weight is 224 g/mol. The Labute approximate surface area is 94.8 Å². The second kappa shape index (κ2) is 5.61. The predicted octanol–water partition coefficient (Wildman–Crippen LogP) is 1.60. The molecule has 0 aliphatic rings. The molecule has 1 atom stereocenters. The van der Waals surface area contributed by atoms with Gasteiger partial charge in [-0.3, -0.25) is 4.79 Å². The summed E-state index contributed by atoms with van der Waals surface area (Å²) >= 11 is 0. The van der Waals surface area contributed by atoms with Gasteiger partial charge in [0.1, 0.15) is 5.82 Å². The number of carbonyl (C=O) groups is 1. The van der Waals surface area contributed by atoms with Crippen molar-refractivity contribution in [1.29, 1.82) is 0 Å². The SMILES string of the molecule is CCC(CN)NC(=O)c1ccc(C)c(F)c1. The lowest BCUT2D eigenvalue weighted by atomic mass is 10.1. The quantitative estimate of drug-likeness (QED) is 0.816. The van der Waals surface area contributed by atoms with Crippen LogP contribution in [0.1, 0.15) is 29.3 Å². The Balaban J connectivity index is 2.76. The molecule has 0 aliphatic heterocycles. The van der Waals surface area contributed by atoms with E-state index in [1.165, 1.54) is 6.07 Å². The summed E-state index contributed by atoms with van der Waals surface area (Å²) in [6, 6.07) is 4.38. The number of carbonyl (C=O) groups excluding carboxylic acids is 1. The van der Waals surface area contributed by atoms with Gasteiger partial charge in [0.05, 0.1) is 0 Å². The number of hydrogen-bond donors (Lipinski definition) is 2. The Morgan fingerprint density at radius 2 is 2.25 bits per heavy atom. The van der Waals surface area contributed by atoms with E-state index >= 15 is 0 Å². The van der Waals surface area contributed by atoms with Gasteiger partial charge in [-0.05, 0) is 31.0 Å². The van der Waals surface area contributed by atoms with Crippen molar-refractivity contribution in [3.63, 3.8) is 0 Å². The van der Waals surface area contributed by atoms with Gasteiger partial charge in [-0.1, -0.05) is 13.0 Å². The molecule has 4 heteroatoms. The van der Waals surface area contributed by atoms with Crippen LogP contribution in [0.5, 0.6) is 0 Å². The number of benzene rings is 1. The van der Waals surface area contributed by atoms with Gasteiger partial charge < -0.3 is 11.1 Å². The molecule has 1 aromatic rings. The van der Waals surface area contributed by atoms with E-state index in [-0.39, 0.29) is 17.8 Å². The molecule has 0 saturated carbocycles. The molecular formula is C12H17FN2O. The van der Waals surface area contributed by atoms with Crippen LogP contribution in [0.2, 0.25) is 0 Å². The fraction of sp³-hybridized carbons (Fsp3) is 0.417. The molecule has 0 spiro atoms. The summed E-state index contributed by atoms with van der Waals surface area (Å²) in [5.74, 6) is -0.648. The Kier molecular flexibility index (Phi) is 4.43. The minimum absolute atomic E-state index is 0.0585. The van der Waals surface area contributed by atoms with E-state index in [2.05, 4.69) is 5.32 Å². The minimum atomic E-state index is -0.367. The van der Waals surface area contributed by atoms with E-state index in [9.17, 15) is 9.18 Å². The van der Waals surface area contributed by atoms with Crippen LogP contribution in [0.3, 0.4) is 0 Å². The predicted molar refractivity (Wildman–Crippen MR) is 61.7 cm³/mol. The second-order valence-electron chi connectivity index (χ2n) is 3.78. The maximum atomic E-state index is 13.2. The molecule has 0 heterocycles. The highest BCUT2D eigenvalue weighted by Crippen LogP contribution is 2.09. The highest BCUT2D eigenvalue weighted by molar-refractivity contribution is 5.94. The zero-order chi connectivity index (χ0) is 12.1. The topological polar surface area (TPSA) is 55.1 Å². The molecule has 0 aliphatic carbocycles. The van der Waals surface area contributed by atoms with E-state index in [1.54, 1.807) is 19.1 Å². The second-order valence-corrected chi connectivity index (χ2v) is 3.78. The van der Waals surface area contributed by atoms with E-state index in [0.717, 1.165) is 6.42 Å². The van der Waals surface area contributed by atoms with E-state index in [0.29, 0.717) is 17.7 Å². The molecule has 1 rings (SSSR count). The molecule has 0 radical (unpaired) electrons. The maximum Gasteiger partial charge on any atom is 0.251 e. The molecule has 0 bridgehead atoms. The first kappa shape index (κ1) is 12.6. The number of nitrogens with one attached hydrogen (secondary N) is 1. The van der Waals surface area contributed by atoms with E-state index < -0.39 is 0 Å². The third-order valence-corrected chi connectivity index (χ3v) is 2.55. The molecule has 3 nitrogen and oxygen atoms in total. The number of nitrogens with two attached hydrogens (primary N) is 1. The molecule has 88 valence electrons. The Bertz CT molecular complexity index is 375. The van der Waals surface area contributed by atoms with Crippen molar-refractivity contribution in [2.24, 2.45) is 5.73 Å². The van der Waals surface area contributed by atoms with Crippen molar-refractivity contribution in [3.8, 4) is 0 Å². The first-order valence-electron chi connectivity index (χ1n) is 5.35. The fourth-order valence-electron chi connectivity index (χ4n) is 1.33. The largest absolute Gasteiger partial charge is 0.348 e. The van der Waals surface area contributed by atoms with Crippen molar-refractivity contribution >= 4 is 5.91 Å². The van der Waals surface area contributed by atoms with Crippen LogP contribution >= 0.6 is 0 Å². The van der Waals surface area contributed by atoms with Crippen LogP contribution in [-0.2, 0) is 0 Å². The maximum absolute atomic E-state index is 13.2. The van der Waals surface area contributed by atoms with Crippen LogP contribution in [0.4, 0.5) is 4.39 Å². The summed E-state index contributed by atoms with van der Waals surface area (Å²) in [4.78, 5) is 11.7. The highest BCUT2D eigenvalue weighted by Gasteiger charge is 2.11. The van der Waals surface area contributed by atoms with Gasteiger partial charge >= 0.3 is 0 Å². The summed E-state index contributed by atoms with van der Waals surface area (Å²) in [5, 5.41) is 2.75. The van der Waals surface area contributed by atoms with E-state index in [1.807, 2.05) is 6.92 Å². The van der Waals surface area contributed by atoms with Crippen molar-refractivity contribution in [2.45, 2.75) is 26.3 Å². The molecule has 0 fully saturated rings. The smallest absolute Gasteiger partial charge is 0.251 e. The molecule has 0 saturated heterocycles. The Morgan fingerprint density at radius 1 is 1.56 bits per heavy atom. The van der Waals surface area contributed by atoms with Crippen LogP contribution in [0, 0.1) is 12.7 Å². The zero-order valence-electron chi connectivity index (χ0n) is 9.59. The summed E-state index contributed by atoms with van der Waals surface area (Å²) in [6.45, 7) is 3.98. The molecule has 16 heavy (non-hydrogen) atoms. The summed E-state index contributed by atoms with van der Waals surface area (Å²) < 4.78 is 13.2. The lowest BCUT2D eigenvalue weighted by Crippen LogP contribution is -2.39. The minimum Gasteiger partial charge on any atom is -0.348 e. The number of rotatable bonds is 4. The van der Waals surface area contributed by atoms with Crippen molar-refractivity contribution in [2.75, 3.05) is 6.54 Å². The lowest BCUT2D eigenvalue weighted by molar-refractivity contribution is 0.0936. The van der Waals surface area contributed by atoms with Gasteiger partial charge in [0.15, 0.2) is 0 Å². The Morgan fingerprint density at radius 3 is 2.75 bits per heavy atom. The molecule has 0 aromatic heterocycles. The zero-order valence-corrected chi connectivity index (χ0v) is 9.59. The Hall–Kier alpha value is -1.42. The molecule has 1 amide bonds. The van der Waals surface area contributed by atoms with Gasteiger partial charge in [0.25, 0.3) is 5.91 Å². The normalized spacial score (nSPS) is 12.2. The van der Waals surface area contributed by atoms with Crippen molar-refractivity contribution in [3.05, 3.63) is 35.1 Å². The molecule has 1 unspecified atom stereocenters. The van der Waals surface area contributed by atoms with Gasteiger partial charge in [-0.25, -0.2) is 4.39 Å². The summed E-state index contributed by atoms with van der Waals surface area (Å²) in [5.41, 5.74) is 6.33. The summed E-state index contributed by atoms with van der Waals surface area (Å²) in [6.07, 6.45) is 0.760. The van der Waals surface area contributed by atoms with Gasteiger partial charge in [-0.2, -0.15) is 0 Å².